The number of methoxy groups -OCH3 is 2. The van der Waals surface area contributed by atoms with Gasteiger partial charge in [0.05, 0.1) is 29.9 Å². The molecular weight excluding hydrogens is 422 g/mol. The third-order valence-corrected chi connectivity index (χ3v) is 7.16. The van der Waals surface area contributed by atoms with E-state index in [1.165, 1.54) is 26.4 Å². The van der Waals surface area contributed by atoms with E-state index < -0.39 is 16.0 Å². The van der Waals surface area contributed by atoms with Gasteiger partial charge in [-0.25, -0.2) is 13.2 Å². The van der Waals surface area contributed by atoms with E-state index in [2.05, 4.69) is 4.72 Å². The van der Waals surface area contributed by atoms with E-state index in [0.717, 1.165) is 16.7 Å². The van der Waals surface area contributed by atoms with Crippen molar-refractivity contribution in [3.8, 4) is 11.5 Å². The Morgan fingerprint density at radius 3 is 1.94 bits per heavy atom. The van der Waals surface area contributed by atoms with Crippen molar-refractivity contribution in [1.29, 1.82) is 0 Å². The quantitative estimate of drug-likeness (QED) is 0.558. The Balaban J connectivity index is 2.64. The maximum Gasteiger partial charge on any atom is 0.337 e. The fourth-order valence-electron chi connectivity index (χ4n) is 3.39. The Hall–Kier alpha value is -2.78. The van der Waals surface area contributed by atoms with Gasteiger partial charge in [0, 0.05) is 19.2 Å². The van der Waals surface area contributed by atoms with Gasteiger partial charge in [-0.1, -0.05) is 0 Å². The number of anilines is 1. The molecule has 31 heavy (non-hydrogen) atoms. The maximum absolute atomic E-state index is 13.4. The number of rotatable bonds is 9. The molecule has 0 aromatic heterocycles. The number of hydrogen-bond donors (Lipinski definition) is 2. The van der Waals surface area contributed by atoms with E-state index in [1.54, 1.807) is 13.8 Å². The number of hydrogen-bond acceptors (Lipinski definition) is 6. The lowest BCUT2D eigenvalue weighted by atomic mass is 9.95. The maximum atomic E-state index is 13.4. The molecular formula is C22H29NO7S. The molecule has 0 aliphatic rings. The highest BCUT2D eigenvalue weighted by Gasteiger charge is 2.26. The predicted octanol–water partition coefficient (Wildman–Crippen LogP) is 3.76. The van der Waals surface area contributed by atoms with Gasteiger partial charge in [0.1, 0.15) is 6.61 Å². The van der Waals surface area contributed by atoms with Gasteiger partial charge < -0.3 is 19.3 Å². The average Bonchev–Trinajstić information content (AvgIpc) is 2.70. The van der Waals surface area contributed by atoms with Crippen LogP contribution in [0.1, 0.15) is 38.2 Å². The second-order valence-corrected chi connectivity index (χ2v) is 8.87. The van der Waals surface area contributed by atoms with Crippen LogP contribution in [0.4, 0.5) is 5.69 Å². The minimum atomic E-state index is -4.09. The molecule has 0 radical (unpaired) electrons. The number of carbonyl (C=O) groups is 1. The lowest BCUT2D eigenvalue weighted by Gasteiger charge is -2.20. The van der Waals surface area contributed by atoms with Crippen LogP contribution in [0.3, 0.4) is 0 Å². The molecule has 2 rings (SSSR count). The van der Waals surface area contributed by atoms with Crippen molar-refractivity contribution >= 4 is 21.7 Å². The second kappa shape index (κ2) is 9.57. The summed E-state index contributed by atoms with van der Waals surface area (Å²) in [6.45, 7) is 9.65. The number of carboxylic acid groups (broad SMARTS) is 1. The van der Waals surface area contributed by atoms with Crippen LogP contribution < -0.4 is 14.2 Å². The van der Waals surface area contributed by atoms with Crippen molar-refractivity contribution in [3.05, 3.63) is 45.5 Å². The van der Waals surface area contributed by atoms with E-state index in [-0.39, 0.29) is 34.3 Å². The summed E-state index contributed by atoms with van der Waals surface area (Å²) in [5.41, 5.74) is 3.65. The molecule has 0 fully saturated rings. The zero-order chi connectivity index (χ0) is 23.5. The monoisotopic (exact) mass is 451 g/mol. The number of sulfonamides is 1. The highest BCUT2D eigenvalue weighted by molar-refractivity contribution is 7.92. The second-order valence-electron chi connectivity index (χ2n) is 7.25. The SMILES string of the molecule is COCCOc1cc(NS(=O)(=O)c2c(C)c(C)c(C)c(C)c2C)c(C(=O)O)cc1OC. The van der Waals surface area contributed by atoms with Gasteiger partial charge in [0.2, 0.25) is 0 Å². The van der Waals surface area contributed by atoms with E-state index in [1.807, 2.05) is 20.8 Å². The fraction of sp³-hybridized carbons (Fsp3) is 0.409. The fourth-order valence-corrected chi connectivity index (χ4v) is 5.07. The first-order valence-corrected chi connectivity index (χ1v) is 11.1. The summed E-state index contributed by atoms with van der Waals surface area (Å²) in [6, 6.07) is 2.54. The Kier molecular flexibility index (Phi) is 7.56. The molecule has 0 amide bonds. The number of ether oxygens (including phenoxy) is 3. The van der Waals surface area contributed by atoms with Gasteiger partial charge in [-0.3, -0.25) is 4.72 Å². The van der Waals surface area contributed by atoms with Gasteiger partial charge in [0.25, 0.3) is 10.0 Å². The Labute approximate surface area is 183 Å². The lowest BCUT2D eigenvalue weighted by Crippen LogP contribution is -2.19. The third-order valence-electron chi connectivity index (χ3n) is 5.52. The topological polar surface area (TPSA) is 111 Å². The van der Waals surface area contributed by atoms with Gasteiger partial charge in [-0.15, -0.1) is 0 Å². The average molecular weight is 452 g/mol. The number of aromatic carboxylic acids is 1. The zero-order valence-corrected chi connectivity index (χ0v) is 19.7. The van der Waals surface area contributed by atoms with Crippen LogP contribution in [0.5, 0.6) is 11.5 Å². The molecule has 0 aliphatic heterocycles. The molecule has 0 saturated carbocycles. The molecule has 9 heteroatoms. The first-order chi connectivity index (χ1) is 14.5. The molecule has 2 aromatic rings. The molecule has 0 aliphatic carbocycles. The standard InChI is InChI=1S/C22H29NO7S/c1-12-13(2)15(4)21(16(5)14(12)3)31(26,27)23-18-11-20(30-9-8-28-6)19(29-7)10-17(18)22(24)25/h10-11,23H,8-9H2,1-7H3,(H,24,25). The van der Waals surface area contributed by atoms with Gasteiger partial charge in [0.15, 0.2) is 11.5 Å². The van der Waals surface area contributed by atoms with E-state index in [0.29, 0.717) is 17.7 Å². The first kappa shape index (κ1) is 24.5. The summed E-state index contributed by atoms with van der Waals surface area (Å²) in [4.78, 5) is 12.0. The van der Waals surface area contributed by atoms with Gasteiger partial charge >= 0.3 is 5.97 Å². The van der Waals surface area contributed by atoms with Crippen molar-refractivity contribution < 1.29 is 32.5 Å². The minimum absolute atomic E-state index is 0.115. The Morgan fingerprint density at radius 1 is 0.903 bits per heavy atom. The molecule has 0 bridgehead atoms. The smallest absolute Gasteiger partial charge is 0.337 e. The van der Waals surface area contributed by atoms with Gasteiger partial charge in [-0.05, 0) is 62.4 Å². The van der Waals surface area contributed by atoms with Crippen LogP contribution in [0, 0.1) is 34.6 Å². The zero-order valence-electron chi connectivity index (χ0n) is 18.9. The molecule has 8 nitrogen and oxygen atoms in total. The van der Waals surface area contributed by atoms with Crippen molar-refractivity contribution in [1.82, 2.24) is 0 Å². The summed E-state index contributed by atoms with van der Waals surface area (Å²) < 4.78 is 44.9. The third kappa shape index (κ3) is 4.94. The summed E-state index contributed by atoms with van der Waals surface area (Å²) in [7, 11) is -1.20. The van der Waals surface area contributed by atoms with Crippen LogP contribution >= 0.6 is 0 Å². The Bertz CT molecular complexity index is 1080. The molecule has 2 aromatic carbocycles. The highest BCUT2D eigenvalue weighted by Crippen LogP contribution is 2.36. The molecule has 0 heterocycles. The largest absolute Gasteiger partial charge is 0.493 e. The van der Waals surface area contributed by atoms with Crippen LogP contribution in [0.2, 0.25) is 0 Å². The molecule has 2 N–H and O–H groups in total. The molecule has 0 unspecified atom stereocenters. The number of benzene rings is 2. The number of nitrogens with one attached hydrogen (secondary N) is 1. The van der Waals surface area contributed by atoms with E-state index in [4.69, 9.17) is 14.2 Å². The molecule has 0 saturated heterocycles. The van der Waals surface area contributed by atoms with Crippen LogP contribution in [-0.4, -0.2) is 46.9 Å². The molecule has 0 spiro atoms. The highest BCUT2D eigenvalue weighted by atomic mass is 32.2. The first-order valence-electron chi connectivity index (χ1n) is 9.63. The van der Waals surface area contributed by atoms with Crippen LogP contribution in [-0.2, 0) is 14.8 Å². The lowest BCUT2D eigenvalue weighted by molar-refractivity contribution is 0.0697. The molecule has 170 valence electrons. The summed E-state index contributed by atoms with van der Waals surface area (Å²) in [5, 5.41) is 9.64. The number of carboxylic acids is 1. The predicted molar refractivity (Wildman–Crippen MR) is 118 cm³/mol. The van der Waals surface area contributed by atoms with Crippen molar-refractivity contribution in [2.45, 2.75) is 39.5 Å². The summed E-state index contributed by atoms with van der Waals surface area (Å²) >= 11 is 0. The normalized spacial score (nSPS) is 11.3. The Morgan fingerprint density at radius 2 is 1.45 bits per heavy atom. The van der Waals surface area contributed by atoms with Crippen LogP contribution in [0.15, 0.2) is 17.0 Å². The molecule has 0 atom stereocenters. The summed E-state index contributed by atoms with van der Waals surface area (Å²) in [5.74, 6) is -0.929. The van der Waals surface area contributed by atoms with Gasteiger partial charge in [-0.2, -0.15) is 0 Å². The minimum Gasteiger partial charge on any atom is -0.493 e. The van der Waals surface area contributed by atoms with Crippen LogP contribution in [0.25, 0.3) is 0 Å². The van der Waals surface area contributed by atoms with Crippen molar-refractivity contribution in [3.63, 3.8) is 0 Å². The van der Waals surface area contributed by atoms with Crippen molar-refractivity contribution in [2.24, 2.45) is 0 Å². The van der Waals surface area contributed by atoms with E-state index >= 15 is 0 Å². The van der Waals surface area contributed by atoms with E-state index in [9.17, 15) is 18.3 Å². The van der Waals surface area contributed by atoms with Crippen molar-refractivity contribution in [2.75, 3.05) is 32.2 Å². The summed E-state index contributed by atoms with van der Waals surface area (Å²) in [6.07, 6.45) is 0.